The predicted molar refractivity (Wildman–Crippen MR) is 237 cm³/mol. The zero-order chi connectivity index (χ0) is 37.0. The molecule has 0 N–H and O–H groups in total. The summed E-state index contributed by atoms with van der Waals surface area (Å²) < 4.78 is 6.24. The standard InChI is InChI=1S/C54H35NO/c1-2-13-37(14-3-1)45-19-8-10-23-51(45)55(43-17-12-16-40(33-43)49-35-41-15-4-5-18-44(41)46-20-6-7-21-47(46)49)42-30-27-36(28-31-42)39-26-25-38-29-32-53-54(50(38)34-39)48-22-9-11-24-52(48)56-53/h1-35H. The van der Waals surface area contributed by atoms with Crippen LogP contribution in [0, 0.1) is 0 Å². The van der Waals surface area contributed by atoms with E-state index < -0.39 is 0 Å². The van der Waals surface area contributed by atoms with Gasteiger partial charge in [0.25, 0.3) is 0 Å². The van der Waals surface area contributed by atoms with Gasteiger partial charge in [-0.05, 0) is 115 Å². The highest BCUT2D eigenvalue weighted by molar-refractivity contribution is 6.19. The Morgan fingerprint density at radius 3 is 1.86 bits per heavy atom. The van der Waals surface area contributed by atoms with Gasteiger partial charge in [0.2, 0.25) is 0 Å². The van der Waals surface area contributed by atoms with Gasteiger partial charge in [0.1, 0.15) is 11.2 Å². The lowest BCUT2D eigenvalue weighted by molar-refractivity contribution is 0.669. The fourth-order valence-electron chi connectivity index (χ4n) is 8.59. The van der Waals surface area contributed by atoms with Crippen LogP contribution in [-0.2, 0) is 0 Å². The molecule has 0 saturated heterocycles. The average molecular weight is 714 g/mol. The van der Waals surface area contributed by atoms with Crippen LogP contribution in [0.25, 0.3) is 87.6 Å². The number of nitrogens with zero attached hydrogens (tertiary/aromatic N) is 1. The zero-order valence-electron chi connectivity index (χ0n) is 30.6. The Labute approximate surface area is 325 Å². The van der Waals surface area contributed by atoms with Crippen molar-refractivity contribution in [2.24, 2.45) is 0 Å². The summed E-state index contributed by atoms with van der Waals surface area (Å²) in [6, 6.07) is 76.6. The van der Waals surface area contributed by atoms with Crippen molar-refractivity contribution in [1.82, 2.24) is 0 Å². The number of furan rings is 1. The number of hydrogen-bond donors (Lipinski definition) is 0. The molecule has 1 aromatic heterocycles. The van der Waals surface area contributed by atoms with Crippen molar-refractivity contribution in [3.63, 3.8) is 0 Å². The van der Waals surface area contributed by atoms with E-state index >= 15 is 0 Å². The van der Waals surface area contributed by atoms with Crippen molar-refractivity contribution in [3.05, 3.63) is 212 Å². The minimum absolute atomic E-state index is 0.915. The SMILES string of the molecule is c1ccc(-c2ccccc2N(c2ccc(-c3ccc4ccc5oc6ccccc6c5c4c3)cc2)c2cccc(-c3cc4ccccc4c4ccccc34)c2)cc1. The minimum Gasteiger partial charge on any atom is -0.456 e. The van der Waals surface area contributed by atoms with E-state index in [2.05, 4.69) is 205 Å². The molecule has 2 heteroatoms. The Balaban J connectivity index is 1.07. The fraction of sp³-hybridized carbons (Fsp3) is 0. The predicted octanol–water partition coefficient (Wildman–Crippen LogP) is 15.5. The first kappa shape index (κ1) is 32.0. The number of benzene rings is 10. The normalized spacial score (nSPS) is 11.6. The van der Waals surface area contributed by atoms with E-state index in [1.165, 1.54) is 65.5 Å². The zero-order valence-corrected chi connectivity index (χ0v) is 30.6. The molecule has 10 aromatic carbocycles. The first-order valence-electron chi connectivity index (χ1n) is 19.2. The molecule has 0 bridgehead atoms. The highest BCUT2D eigenvalue weighted by atomic mass is 16.3. The highest BCUT2D eigenvalue weighted by Crippen LogP contribution is 2.44. The molecule has 0 saturated carbocycles. The molecular weight excluding hydrogens is 679 g/mol. The van der Waals surface area contributed by atoms with Crippen LogP contribution in [0.1, 0.15) is 0 Å². The summed E-state index contributed by atoms with van der Waals surface area (Å²) in [5, 5.41) is 9.74. The molecular formula is C54H35NO. The lowest BCUT2D eigenvalue weighted by Gasteiger charge is -2.28. The molecule has 0 amide bonds. The van der Waals surface area contributed by atoms with E-state index in [0.717, 1.165) is 39.2 Å². The van der Waals surface area contributed by atoms with Gasteiger partial charge < -0.3 is 9.32 Å². The molecule has 0 radical (unpaired) electrons. The van der Waals surface area contributed by atoms with Gasteiger partial charge in [-0.15, -0.1) is 0 Å². The van der Waals surface area contributed by atoms with Crippen molar-refractivity contribution in [3.8, 4) is 33.4 Å². The molecule has 0 atom stereocenters. The Morgan fingerprint density at radius 2 is 0.982 bits per heavy atom. The van der Waals surface area contributed by atoms with Crippen LogP contribution in [-0.4, -0.2) is 0 Å². The van der Waals surface area contributed by atoms with Gasteiger partial charge in [-0.3, -0.25) is 0 Å². The minimum atomic E-state index is 0.915. The molecule has 0 spiro atoms. The second-order valence-corrected chi connectivity index (χ2v) is 14.5. The molecule has 0 aliphatic heterocycles. The van der Waals surface area contributed by atoms with Gasteiger partial charge in [0, 0.05) is 27.7 Å². The van der Waals surface area contributed by atoms with Gasteiger partial charge in [0.05, 0.1) is 5.69 Å². The third kappa shape index (κ3) is 5.34. The van der Waals surface area contributed by atoms with Gasteiger partial charge in [0.15, 0.2) is 0 Å². The van der Waals surface area contributed by atoms with Crippen LogP contribution < -0.4 is 4.90 Å². The number of rotatable bonds is 6. The lowest BCUT2D eigenvalue weighted by Crippen LogP contribution is -2.11. The van der Waals surface area contributed by atoms with E-state index in [1.54, 1.807) is 0 Å². The lowest BCUT2D eigenvalue weighted by atomic mass is 9.93. The first-order valence-corrected chi connectivity index (χ1v) is 19.2. The molecule has 1 heterocycles. The third-order valence-corrected chi connectivity index (χ3v) is 11.2. The van der Waals surface area contributed by atoms with E-state index in [4.69, 9.17) is 4.42 Å². The monoisotopic (exact) mass is 713 g/mol. The van der Waals surface area contributed by atoms with Gasteiger partial charge in [-0.25, -0.2) is 0 Å². The van der Waals surface area contributed by atoms with E-state index in [0.29, 0.717) is 0 Å². The molecule has 0 unspecified atom stereocenters. The number of anilines is 3. The van der Waals surface area contributed by atoms with Crippen molar-refractivity contribution in [1.29, 1.82) is 0 Å². The number of hydrogen-bond acceptors (Lipinski definition) is 2. The molecule has 56 heavy (non-hydrogen) atoms. The molecule has 0 aliphatic rings. The Hall–Kier alpha value is -7.42. The first-order chi connectivity index (χ1) is 27.8. The molecule has 262 valence electrons. The number of para-hydroxylation sites is 2. The summed E-state index contributed by atoms with van der Waals surface area (Å²) in [4.78, 5) is 2.40. The van der Waals surface area contributed by atoms with Gasteiger partial charge in [-0.1, -0.05) is 158 Å². The molecule has 11 rings (SSSR count). The largest absolute Gasteiger partial charge is 0.456 e. The number of fused-ring (bicyclic) bond motifs is 8. The topological polar surface area (TPSA) is 16.4 Å². The second kappa shape index (κ2) is 13.2. The smallest absolute Gasteiger partial charge is 0.136 e. The molecule has 0 aliphatic carbocycles. The summed E-state index contributed by atoms with van der Waals surface area (Å²) in [6.45, 7) is 0. The quantitative estimate of drug-likeness (QED) is 0.160. The summed E-state index contributed by atoms with van der Waals surface area (Å²) >= 11 is 0. The third-order valence-electron chi connectivity index (χ3n) is 11.2. The van der Waals surface area contributed by atoms with Crippen molar-refractivity contribution >= 4 is 71.3 Å². The fourth-order valence-corrected chi connectivity index (χ4v) is 8.59. The molecule has 0 fully saturated rings. The van der Waals surface area contributed by atoms with Crippen LogP contribution in [0.15, 0.2) is 217 Å². The maximum atomic E-state index is 6.24. The molecule has 2 nitrogen and oxygen atoms in total. The van der Waals surface area contributed by atoms with Crippen molar-refractivity contribution in [2.45, 2.75) is 0 Å². The van der Waals surface area contributed by atoms with Crippen LogP contribution >= 0.6 is 0 Å². The van der Waals surface area contributed by atoms with Crippen LogP contribution in [0.4, 0.5) is 17.1 Å². The van der Waals surface area contributed by atoms with Gasteiger partial charge in [-0.2, -0.15) is 0 Å². The van der Waals surface area contributed by atoms with Crippen molar-refractivity contribution in [2.75, 3.05) is 4.90 Å². The molecule has 11 aromatic rings. The van der Waals surface area contributed by atoms with E-state index in [1.807, 2.05) is 12.1 Å². The summed E-state index contributed by atoms with van der Waals surface area (Å²) in [5.74, 6) is 0. The van der Waals surface area contributed by atoms with E-state index in [-0.39, 0.29) is 0 Å². The second-order valence-electron chi connectivity index (χ2n) is 14.5. The Kier molecular flexibility index (Phi) is 7.53. The maximum absolute atomic E-state index is 6.24. The van der Waals surface area contributed by atoms with Gasteiger partial charge >= 0.3 is 0 Å². The summed E-state index contributed by atoms with van der Waals surface area (Å²) in [7, 11) is 0. The summed E-state index contributed by atoms with van der Waals surface area (Å²) in [5.41, 5.74) is 12.2. The highest BCUT2D eigenvalue weighted by Gasteiger charge is 2.19. The van der Waals surface area contributed by atoms with Crippen molar-refractivity contribution < 1.29 is 4.42 Å². The Morgan fingerprint density at radius 1 is 0.304 bits per heavy atom. The summed E-state index contributed by atoms with van der Waals surface area (Å²) in [6.07, 6.45) is 0. The van der Waals surface area contributed by atoms with Crippen LogP contribution in [0.2, 0.25) is 0 Å². The maximum Gasteiger partial charge on any atom is 0.136 e. The van der Waals surface area contributed by atoms with E-state index in [9.17, 15) is 0 Å². The van der Waals surface area contributed by atoms with Crippen LogP contribution in [0.3, 0.4) is 0 Å². The Bertz CT molecular complexity index is 3250. The van der Waals surface area contributed by atoms with Crippen LogP contribution in [0.5, 0.6) is 0 Å². The average Bonchev–Trinajstić information content (AvgIpc) is 3.66.